The van der Waals surface area contributed by atoms with Crippen molar-refractivity contribution in [2.75, 3.05) is 25.1 Å². The Balaban J connectivity index is 0.000000502. The monoisotopic (exact) mass is 536 g/mol. The third kappa shape index (κ3) is 7.73. The van der Waals surface area contributed by atoms with E-state index in [1.165, 1.54) is 0 Å². The first kappa shape index (κ1) is 29.7. The van der Waals surface area contributed by atoms with E-state index in [1.807, 2.05) is 25.1 Å². The van der Waals surface area contributed by atoms with Gasteiger partial charge in [0.15, 0.2) is 22.4 Å². The Morgan fingerprint density at radius 3 is 2.47 bits per heavy atom. The van der Waals surface area contributed by atoms with Crippen LogP contribution in [0.15, 0.2) is 18.2 Å². The minimum atomic E-state index is -0.226. The lowest BCUT2D eigenvalue weighted by molar-refractivity contribution is 0.0921. The fraction of sp³-hybridized carbons (Fsp3) is 0.520. The van der Waals surface area contributed by atoms with Crippen LogP contribution < -0.4 is 16.0 Å². The summed E-state index contributed by atoms with van der Waals surface area (Å²) in [5.74, 6) is 0.0347. The highest BCUT2D eigenvalue weighted by molar-refractivity contribution is 7.22. The number of aromatic nitrogens is 3. The highest BCUT2D eigenvalue weighted by Crippen LogP contribution is 2.32. The number of aldehydes is 1. The SMILES string of the molecule is CCC(N)CC.CCc1[nH]c(C(=O)NC2CCN(c3nc4cccc(C=O)c4s3)CC2)nc1Cl.CO. The third-order valence-corrected chi connectivity index (χ3v) is 7.50. The second-order valence-corrected chi connectivity index (χ2v) is 9.67. The number of halogens is 1. The molecule has 198 valence electrons. The smallest absolute Gasteiger partial charge is 0.287 e. The van der Waals surface area contributed by atoms with Gasteiger partial charge in [0.2, 0.25) is 0 Å². The standard InChI is InChI=1S/C19H20ClN5O2S.C5H13N.CH4O/c1-2-13-16(20)24-17(22-13)18(27)21-12-6-8-25(9-7-12)19-23-14-5-3-4-11(10-26)15(14)28-19;1-3-5(6)4-2;1-2/h3-5,10,12H,2,6-9H2,1H3,(H,21,27)(H,22,24);5H,3-4,6H2,1-2H3;2H,1H3. The van der Waals surface area contributed by atoms with Gasteiger partial charge in [0.25, 0.3) is 5.91 Å². The molecule has 0 aliphatic carbocycles. The topological polar surface area (TPSA) is 137 Å². The van der Waals surface area contributed by atoms with E-state index in [0.29, 0.717) is 23.2 Å². The Morgan fingerprint density at radius 2 is 1.94 bits per heavy atom. The summed E-state index contributed by atoms with van der Waals surface area (Å²) in [4.78, 5) is 37.6. The Labute approximate surface area is 221 Å². The Hall–Kier alpha value is -2.53. The van der Waals surface area contributed by atoms with Gasteiger partial charge in [-0.25, -0.2) is 9.97 Å². The summed E-state index contributed by atoms with van der Waals surface area (Å²) in [5, 5.41) is 11.3. The lowest BCUT2D eigenvalue weighted by Gasteiger charge is -2.31. The van der Waals surface area contributed by atoms with Gasteiger partial charge in [0, 0.05) is 37.8 Å². The molecule has 1 saturated heterocycles. The van der Waals surface area contributed by atoms with Gasteiger partial charge in [-0.2, -0.15) is 0 Å². The van der Waals surface area contributed by atoms with Crippen molar-refractivity contribution in [1.82, 2.24) is 20.3 Å². The zero-order valence-corrected chi connectivity index (χ0v) is 23.0. The summed E-state index contributed by atoms with van der Waals surface area (Å²) in [5.41, 5.74) is 7.76. The summed E-state index contributed by atoms with van der Waals surface area (Å²) in [6.07, 6.45) is 5.42. The molecule has 0 bridgehead atoms. The molecule has 3 heterocycles. The highest BCUT2D eigenvalue weighted by Gasteiger charge is 2.24. The number of hydrogen-bond donors (Lipinski definition) is 4. The second-order valence-electron chi connectivity index (χ2n) is 8.33. The molecule has 2 aromatic heterocycles. The van der Waals surface area contributed by atoms with E-state index in [2.05, 4.69) is 39.0 Å². The third-order valence-electron chi connectivity index (χ3n) is 6.01. The Bertz CT molecular complexity index is 1110. The molecule has 1 aliphatic rings. The van der Waals surface area contributed by atoms with Crippen molar-refractivity contribution in [3.05, 3.63) is 40.4 Å². The van der Waals surface area contributed by atoms with E-state index in [-0.39, 0.29) is 17.8 Å². The van der Waals surface area contributed by atoms with Crippen LogP contribution >= 0.6 is 22.9 Å². The molecule has 1 aromatic carbocycles. The number of nitrogens with two attached hydrogens (primary N) is 1. The predicted molar refractivity (Wildman–Crippen MR) is 147 cm³/mol. The highest BCUT2D eigenvalue weighted by atomic mass is 35.5. The number of aliphatic hydroxyl groups excluding tert-OH is 1. The quantitative estimate of drug-likeness (QED) is 0.332. The lowest BCUT2D eigenvalue weighted by atomic mass is 10.1. The Morgan fingerprint density at radius 1 is 1.28 bits per heavy atom. The molecule has 3 aromatic rings. The van der Waals surface area contributed by atoms with Crippen molar-refractivity contribution in [2.24, 2.45) is 5.73 Å². The number of fused-ring (bicyclic) bond motifs is 1. The minimum absolute atomic E-state index is 0.0811. The predicted octanol–water partition coefficient (Wildman–Crippen LogP) is 4.19. The first-order valence-corrected chi connectivity index (χ1v) is 13.4. The first-order valence-electron chi connectivity index (χ1n) is 12.2. The van der Waals surface area contributed by atoms with E-state index in [1.54, 1.807) is 11.3 Å². The number of H-pyrrole nitrogens is 1. The normalized spacial score (nSPS) is 13.6. The zero-order chi connectivity index (χ0) is 26.7. The molecule has 0 spiro atoms. The van der Waals surface area contributed by atoms with Crippen LogP contribution in [-0.2, 0) is 6.42 Å². The summed E-state index contributed by atoms with van der Waals surface area (Å²) in [6.45, 7) is 7.75. The molecular weight excluding hydrogens is 500 g/mol. The van der Waals surface area contributed by atoms with Crippen molar-refractivity contribution >= 4 is 50.5 Å². The number of anilines is 1. The van der Waals surface area contributed by atoms with Gasteiger partial charge in [-0.05, 0) is 38.2 Å². The number of amides is 1. The molecule has 4 rings (SSSR count). The number of aliphatic hydroxyl groups is 1. The van der Waals surface area contributed by atoms with Crippen LogP contribution in [0.3, 0.4) is 0 Å². The summed E-state index contributed by atoms with van der Waals surface area (Å²) in [7, 11) is 1.00. The largest absolute Gasteiger partial charge is 0.400 e. The molecular formula is C25H37ClN6O3S. The number of imidazole rings is 1. The van der Waals surface area contributed by atoms with Gasteiger partial charge >= 0.3 is 0 Å². The molecule has 1 amide bonds. The zero-order valence-electron chi connectivity index (χ0n) is 21.4. The van der Waals surface area contributed by atoms with Gasteiger partial charge in [-0.3, -0.25) is 9.59 Å². The molecule has 0 radical (unpaired) electrons. The van der Waals surface area contributed by atoms with Crippen LogP contribution in [-0.4, -0.2) is 64.5 Å². The van der Waals surface area contributed by atoms with Crippen molar-refractivity contribution < 1.29 is 14.7 Å². The maximum atomic E-state index is 12.4. The summed E-state index contributed by atoms with van der Waals surface area (Å²) in [6, 6.07) is 6.10. The number of nitrogens with one attached hydrogen (secondary N) is 2. The van der Waals surface area contributed by atoms with Gasteiger partial charge < -0.3 is 26.0 Å². The van der Waals surface area contributed by atoms with Crippen LogP contribution in [0.25, 0.3) is 10.2 Å². The molecule has 0 atom stereocenters. The summed E-state index contributed by atoms with van der Waals surface area (Å²) >= 11 is 7.56. The maximum Gasteiger partial charge on any atom is 0.287 e. The van der Waals surface area contributed by atoms with Crippen LogP contribution in [0.1, 0.15) is 73.1 Å². The van der Waals surface area contributed by atoms with Crippen LogP contribution in [0.2, 0.25) is 5.15 Å². The van der Waals surface area contributed by atoms with E-state index in [4.69, 9.17) is 22.4 Å². The van der Waals surface area contributed by atoms with Crippen LogP contribution in [0.5, 0.6) is 0 Å². The number of hydrogen-bond acceptors (Lipinski definition) is 8. The summed E-state index contributed by atoms with van der Waals surface area (Å²) < 4.78 is 0.921. The maximum absolute atomic E-state index is 12.4. The number of rotatable bonds is 7. The number of nitrogens with zero attached hydrogens (tertiary/aromatic N) is 3. The van der Waals surface area contributed by atoms with E-state index in [9.17, 15) is 9.59 Å². The minimum Gasteiger partial charge on any atom is -0.400 e. The second kappa shape index (κ2) is 14.9. The fourth-order valence-corrected chi connectivity index (χ4v) is 5.03. The van der Waals surface area contributed by atoms with Crippen molar-refractivity contribution in [1.29, 1.82) is 0 Å². The van der Waals surface area contributed by atoms with E-state index < -0.39 is 0 Å². The van der Waals surface area contributed by atoms with Gasteiger partial charge in [0.1, 0.15) is 0 Å². The lowest BCUT2D eigenvalue weighted by Crippen LogP contribution is -2.45. The van der Waals surface area contributed by atoms with E-state index >= 15 is 0 Å². The molecule has 0 unspecified atom stereocenters. The van der Waals surface area contributed by atoms with Crippen LogP contribution in [0, 0.1) is 0 Å². The number of aromatic amines is 1. The fourth-order valence-electron chi connectivity index (χ4n) is 3.67. The number of carbonyl (C=O) groups is 2. The number of carbonyl (C=O) groups excluding carboxylic acids is 2. The first-order chi connectivity index (χ1) is 17.4. The average molecular weight is 537 g/mol. The van der Waals surface area contributed by atoms with Gasteiger partial charge in [0.05, 0.1) is 15.9 Å². The average Bonchev–Trinajstić information content (AvgIpc) is 3.53. The van der Waals surface area contributed by atoms with E-state index in [0.717, 1.165) is 73.2 Å². The van der Waals surface area contributed by atoms with Gasteiger partial charge in [-0.15, -0.1) is 0 Å². The molecule has 11 heteroatoms. The van der Waals surface area contributed by atoms with Crippen LogP contribution in [0.4, 0.5) is 5.13 Å². The Kier molecular flexibility index (Phi) is 12.3. The molecule has 0 saturated carbocycles. The molecule has 5 N–H and O–H groups in total. The number of piperidine rings is 1. The number of aryl methyl sites for hydroxylation is 1. The molecule has 1 fully saturated rings. The van der Waals surface area contributed by atoms with Crippen molar-refractivity contribution in [3.63, 3.8) is 0 Å². The van der Waals surface area contributed by atoms with Crippen molar-refractivity contribution in [2.45, 2.75) is 65.0 Å². The molecule has 36 heavy (non-hydrogen) atoms. The molecule has 9 nitrogen and oxygen atoms in total. The van der Waals surface area contributed by atoms with Gasteiger partial charge in [-0.1, -0.05) is 55.8 Å². The number of benzene rings is 1. The molecule has 1 aliphatic heterocycles. The number of thiazole rings is 1. The van der Waals surface area contributed by atoms with Crippen molar-refractivity contribution in [3.8, 4) is 0 Å².